The van der Waals surface area contributed by atoms with Crippen molar-refractivity contribution in [2.45, 2.75) is 19.2 Å². The second-order valence-corrected chi connectivity index (χ2v) is 5.68. The highest BCUT2D eigenvalue weighted by atomic mass is 35.5. The van der Waals surface area contributed by atoms with Crippen molar-refractivity contribution < 1.29 is 31.8 Å². The van der Waals surface area contributed by atoms with E-state index in [-0.39, 0.29) is 17.4 Å². The largest absolute Gasteiger partial charge is 0.479 e. The third-order valence-corrected chi connectivity index (χ3v) is 3.71. The van der Waals surface area contributed by atoms with Gasteiger partial charge < -0.3 is 14.8 Å². The van der Waals surface area contributed by atoms with Gasteiger partial charge in [0, 0.05) is 6.07 Å². The van der Waals surface area contributed by atoms with Crippen LogP contribution in [0.2, 0.25) is 5.02 Å². The Morgan fingerprint density at radius 2 is 1.96 bits per heavy atom. The number of rotatable bonds is 2. The molecule has 0 aliphatic carbocycles. The molecule has 0 saturated heterocycles. The first-order valence-electron chi connectivity index (χ1n) is 7.01. The van der Waals surface area contributed by atoms with E-state index in [2.05, 4.69) is 5.32 Å². The summed E-state index contributed by atoms with van der Waals surface area (Å²) in [6, 6.07) is 5.12. The summed E-state index contributed by atoms with van der Waals surface area (Å²) in [5.74, 6) is -1.74. The minimum atomic E-state index is -4.73. The monoisotopic (exact) mass is 375 g/mol. The van der Waals surface area contributed by atoms with Gasteiger partial charge in [-0.25, -0.2) is 4.39 Å². The lowest BCUT2D eigenvalue weighted by molar-refractivity contribution is -0.137. The summed E-state index contributed by atoms with van der Waals surface area (Å²) < 4.78 is 62.6. The lowest BCUT2D eigenvalue weighted by Gasteiger charge is -2.23. The summed E-state index contributed by atoms with van der Waals surface area (Å²) in [4.78, 5) is 11.5. The number of halogens is 5. The van der Waals surface area contributed by atoms with Crippen molar-refractivity contribution in [1.82, 2.24) is 0 Å². The number of hydrogen-bond donors (Lipinski definition) is 1. The van der Waals surface area contributed by atoms with Gasteiger partial charge in [-0.15, -0.1) is 0 Å². The maximum atomic E-state index is 14.0. The molecule has 0 spiro atoms. The van der Waals surface area contributed by atoms with Crippen molar-refractivity contribution in [1.29, 1.82) is 0 Å². The first-order chi connectivity index (χ1) is 11.6. The molecular formula is C16H10ClF4NO3. The molecule has 2 aromatic rings. The zero-order valence-electron chi connectivity index (χ0n) is 12.6. The highest BCUT2D eigenvalue weighted by molar-refractivity contribution is 6.32. The van der Waals surface area contributed by atoms with Crippen LogP contribution in [0.15, 0.2) is 30.3 Å². The minimum absolute atomic E-state index is 0.0858. The van der Waals surface area contributed by atoms with Crippen molar-refractivity contribution in [2.24, 2.45) is 0 Å². The Labute approximate surface area is 144 Å². The molecule has 4 nitrogen and oxygen atoms in total. The molecule has 0 bridgehead atoms. The predicted molar refractivity (Wildman–Crippen MR) is 81.6 cm³/mol. The molecule has 0 unspecified atom stereocenters. The summed E-state index contributed by atoms with van der Waals surface area (Å²) in [6.07, 6.45) is -5.45. The number of amides is 1. The Balaban J connectivity index is 1.91. The Hall–Kier alpha value is -2.48. The average Bonchev–Trinajstić information content (AvgIpc) is 2.51. The molecule has 1 N–H and O–H groups in total. The number of hydrogen-bond acceptors (Lipinski definition) is 3. The first-order valence-corrected chi connectivity index (χ1v) is 7.38. The molecule has 132 valence electrons. The molecule has 25 heavy (non-hydrogen) atoms. The maximum Gasteiger partial charge on any atom is 0.416 e. The molecule has 1 heterocycles. The number of carbonyl (C=O) groups is 1. The summed E-state index contributed by atoms with van der Waals surface area (Å²) in [5, 5.41) is 2.08. The second-order valence-electron chi connectivity index (χ2n) is 5.28. The predicted octanol–water partition coefficient (Wildman–Crippen LogP) is 5.01. The van der Waals surface area contributed by atoms with Gasteiger partial charge >= 0.3 is 6.18 Å². The fourth-order valence-electron chi connectivity index (χ4n) is 2.18. The van der Waals surface area contributed by atoms with Crippen LogP contribution in [0.1, 0.15) is 12.5 Å². The van der Waals surface area contributed by atoms with E-state index in [1.807, 2.05) is 0 Å². The van der Waals surface area contributed by atoms with E-state index in [4.69, 9.17) is 21.1 Å². The molecule has 3 rings (SSSR count). The van der Waals surface area contributed by atoms with Crippen LogP contribution in [0.25, 0.3) is 0 Å². The van der Waals surface area contributed by atoms with E-state index < -0.39 is 34.4 Å². The van der Waals surface area contributed by atoms with Crippen molar-refractivity contribution in [2.75, 3.05) is 5.32 Å². The minimum Gasteiger partial charge on any atom is -0.479 e. The van der Waals surface area contributed by atoms with Crippen LogP contribution in [0.3, 0.4) is 0 Å². The van der Waals surface area contributed by atoms with Crippen LogP contribution in [0, 0.1) is 5.82 Å². The van der Waals surface area contributed by atoms with Gasteiger partial charge in [0.25, 0.3) is 5.91 Å². The highest BCUT2D eigenvalue weighted by Gasteiger charge is 2.33. The van der Waals surface area contributed by atoms with E-state index in [1.54, 1.807) is 0 Å². The van der Waals surface area contributed by atoms with Gasteiger partial charge in [-0.05, 0) is 31.2 Å². The van der Waals surface area contributed by atoms with Crippen LogP contribution < -0.4 is 14.8 Å². The molecule has 1 amide bonds. The first kappa shape index (κ1) is 17.3. The number of fused-ring (bicyclic) bond motifs is 1. The number of nitrogens with one attached hydrogen (secondary N) is 1. The van der Waals surface area contributed by atoms with Gasteiger partial charge in [0.05, 0.1) is 16.3 Å². The van der Waals surface area contributed by atoms with Gasteiger partial charge in [0.2, 0.25) is 0 Å². The lowest BCUT2D eigenvalue weighted by atomic mass is 10.2. The molecule has 9 heteroatoms. The van der Waals surface area contributed by atoms with Crippen LogP contribution in [-0.4, -0.2) is 12.0 Å². The zero-order chi connectivity index (χ0) is 18.4. The van der Waals surface area contributed by atoms with Crippen molar-refractivity contribution in [3.05, 3.63) is 46.7 Å². The number of anilines is 1. The topological polar surface area (TPSA) is 47.6 Å². The van der Waals surface area contributed by atoms with E-state index in [1.165, 1.54) is 25.1 Å². The molecule has 0 fully saturated rings. The summed E-state index contributed by atoms with van der Waals surface area (Å²) >= 11 is 5.72. The molecule has 0 saturated carbocycles. The standard InChI is InChI=1S/C16H10ClF4NO3/c1-7-15(23)22-12-3-2-9(6-13(12)24-7)25-14-10(17)4-8(5-11(14)18)16(19,20)21/h2-7H,1H3,(H,22,23)/t7-/m1/s1. The van der Waals surface area contributed by atoms with Gasteiger partial charge in [-0.2, -0.15) is 13.2 Å². The van der Waals surface area contributed by atoms with Crippen molar-refractivity contribution in [3.8, 4) is 17.2 Å². The Bertz CT molecular complexity index is 831. The van der Waals surface area contributed by atoms with E-state index >= 15 is 0 Å². The van der Waals surface area contributed by atoms with Crippen molar-refractivity contribution in [3.63, 3.8) is 0 Å². The molecule has 1 atom stereocenters. The van der Waals surface area contributed by atoms with E-state index in [0.29, 0.717) is 17.8 Å². The van der Waals surface area contributed by atoms with Crippen LogP contribution >= 0.6 is 11.6 Å². The van der Waals surface area contributed by atoms with E-state index in [9.17, 15) is 22.4 Å². The fourth-order valence-corrected chi connectivity index (χ4v) is 2.43. The molecule has 0 radical (unpaired) electrons. The third kappa shape index (κ3) is 3.48. The number of benzene rings is 2. The fraction of sp³-hybridized carbons (Fsp3) is 0.188. The summed E-state index contributed by atoms with van der Waals surface area (Å²) in [6.45, 7) is 1.54. The van der Waals surface area contributed by atoms with Gasteiger partial charge in [0.1, 0.15) is 11.5 Å². The average molecular weight is 376 g/mol. The Morgan fingerprint density at radius 3 is 2.60 bits per heavy atom. The van der Waals surface area contributed by atoms with Gasteiger partial charge in [-0.1, -0.05) is 11.6 Å². The van der Waals surface area contributed by atoms with E-state index in [0.717, 1.165) is 0 Å². The maximum absolute atomic E-state index is 14.0. The summed E-state index contributed by atoms with van der Waals surface area (Å²) in [7, 11) is 0. The molecule has 2 aromatic carbocycles. The van der Waals surface area contributed by atoms with Crippen LogP contribution in [0.5, 0.6) is 17.2 Å². The smallest absolute Gasteiger partial charge is 0.416 e. The third-order valence-electron chi connectivity index (χ3n) is 3.43. The van der Waals surface area contributed by atoms with Crippen LogP contribution in [-0.2, 0) is 11.0 Å². The summed E-state index contributed by atoms with van der Waals surface area (Å²) in [5.41, 5.74) is -0.818. The van der Waals surface area contributed by atoms with Crippen molar-refractivity contribution >= 4 is 23.2 Å². The molecule has 1 aliphatic rings. The second kappa shape index (κ2) is 6.11. The lowest BCUT2D eigenvalue weighted by Crippen LogP contribution is -2.34. The quantitative estimate of drug-likeness (QED) is 0.751. The number of ether oxygens (including phenoxy) is 2. The Kier molecular flexibility index (Phi) is 4.24. The van der Waals surface area contributed by atoms with Crippen LogP contribution in [0.4, 0.5) is 23.2 Å². The molecule has 1 aliphatic heterocycles. The molecular weight excluding hydrogens is 366 g/mol. The number of alkyl halides is 3. The normalized spacial score (nSPS) is 16.7. The SMILES string of the molecule is C[C@H]1Oc2cc(Oc3c(F)cc(C(F)(F)F)cc3Cl)ccc2NC1=O. The zero-order valence-corrected chi connectivity index (χ0v) is 13.3. The van der Waals surface area contributed by atoms with Gasteiger partial charge in [0.15, 0.2) is 17.7 Å². The van der Waals surface area contributed by atoms with Gasteiger partial charge in [-0.3, -0.25) is 4.79 Å². The number of carbonyl (C=O) groups excluding carboxylic acids is 1. The molecule has 0 aromatic heterocycles. The Morgan fingerprint density at radius 1 is 1.24 bits per heavy atom. The highest BCUT2D eigenvalue weighted by Crippen LogP contribution is 2.40.